The van der Waals surface area contributed by atoms with Crippen molar-refractivity contribution in [1.82, 2.24) is 9.55 Å². The first-order valence-electron chi connectivity index (χ1n) is 10.9. The fraction of sp³-hybridized carbons (Fsp3) is 0.400. The molecule has 31 heavy (non-hydrogen) atoms. The lowest BCUT2D eigenvalue weighted by atomic mass is 9.99. The van der Waals surface area contributed by atoms with E-state index in [9.17, 15) is 4.39 Å². The molecule has 6 heteroatoms. The first kappa shape index (κ1) is 21.5. The Labute approximate surface area is 182 Å². The smallest absolute Gasteiger partial charge is 0.127 e. The molecule has 2 unspecified atom stereocenters. The maximum Gasteiger partial charge on any atom is 0.127 e. The van der Waals surface area contributed by atoms with Crippen molar-refractivity contribution >= 4 is 0 Å². The normalized spacial score (nSPS) is 18.8. The van der Waals surface area contributed by atoms with Crippen LogP contribution in [-0.2, 0) is 22.5 Å². The Balaban J connectivity index is 1.42. The number of ether oxygens (including phenoxy) is 3. The minimum absolute atomic E-state index is 0.137. The Kier molecular flexibility index (Phi) is 6.99. The topological polar surface area (TPSA) is 45.5 Å². The van der Waals surface area contributed by atoms with E-state index in [-0.39, 0.29) is 18.0 Å². The van der Waals surface area contributed by atoms with Crippen LogP contribution in [0.25, 0.3) is 5.69 Å². The highest BCUT2D eigenvalue weighted by atomic mass is 19.1. The molecular weight excluding hydrogens is 395 g/mol. The number of nitrogens with zero attached hydrogens (tertiary/aromatic N) is 2. The number of halogens is 1. The van der Waals surface area contributed by atoms with Crippen molar-refractivity contribution in [2.75, 3.05) is 13.7 Å². The van der Waals surface area contributed by atoms with Crippen LogP contribution >= 0.6 is 0 Å². The molecule has 2 heterocycles. The number of benzene rings is 2. The van der Waals surface area contributed by atoms with E-state index < -0.39 is 0 Å². The number of aryl methyl sites for hydroxylation is 1. The summed E-state index contributed by atoms with van der Waals surface area (Å²) in [6, 6.07) is 13.0. The highest BCUT2D eigenvalue weighted by Crippen LogP contribution is 2.32. The first-order valence-corrected chi connectivity index (χ1v) is 10.9. The van der Waals surface area contributed by atoms with Gasteiger partial charge in [0.15, 0.2) is 0 Å². The zero-order chi connectivity index (χ0) is 21.6. The lowest BCUT2D eigenvalue weighted by molar-refractivity contribution is -0.0600. The molecule has 0 bridgehead atoms. The highest BCUT2D eigenvalue weighted by molar-refractivity contribution is 5.36. The van der Waals surface area contributed by atoms with Crippen LogP contribution in [0.4, 0.5) is 4.39 Å². The number of imidazole rings is 1. The van der Waals surface area contributed by atoms with Gasteiger partial charge >= 0.3 is 0 Å². The van der Waals surface area contributed by atoms with Crippen molar-refractivity contribution in [3.63, 3.8) is 0 Å². The number of methoxy groups -OCH3 is 1. The molecule has 0 saturated carbocycles. The van der Waals surface area contributed by atoms with E-state index in [1.807, 2.05) is 30.6 Å². The average molecular weight is 425 g/mol. The van der Waals surface area contributed by atoms with Gasteiger partial charge in [-0.3, -0.25) is 0 Å². The Hall–Kier alpha value is -2.70. The molecule has 0 amide bonds. The van der Waals surface area contributed by atoms with E-state index in [0.717, 1.165) is 48.3 Å². The largest absolute Gasteiger partial charge is 0.489 e. The molecule has 1 fully saturated rings. The molecule has 2 aromatic carbocycles. The molecule has 5 nitrogen and oxygen atoms in total. The van der Waals surface area contributed by atoms with Gasteiger partial charge in [-0.05, 0) is 48.2 Å². The Morgan fingerprint density at radius 3 is 2.81 bits per heavy atom. The standard InChI is InChI=1S/C25H29FN2O3/c1-3-4-25-27-10-11-28(25)21-7-5-18(6-8-21)17-31-23-14-19(13-20(26)15-23)24-16-22(29-2)9-12-30-24/h5-8,10-11,13-15,22,24H,3-4,9,12,16-17H2,1-2H3. The van der Waals surface area contributed by atoms with Crippen molar-refractivity contribution in [3.05, 3.63) is 77.6 Å². The van der Waals surface area contributed by atoms with Crippen molar-refractivity contribution in [2.24, 2.45) is 0 Å². The third-order valence-electron chi connectivity index (χ3n) is 5.65. The molecule has 2 atom stereocenters. The highest BCUT2D eigenvalue weighted by Gasteiger charge is 2.24. The molecule has 1 aliphatic rings. The van der Waals surface area contributed by atoms with E-state index in [2.05, 4.69) is 28.6 Å². The summed E-state index contributed by atoms with van der Waals surface area (Å²) in [6.07, 6.45) is 7.34. The number of rotatable bonds is 8. The zero-order valence-electron chi connectivity index (χ0n) is 18.1. The number of hydrogen-bond donors (Lipinski definition) is 0. The summed E-state index contributed by atoms with van der Waals surface area (Å²) in [7, 11) is 1.70. The molecule has 164 valence electrons. The number of aromatic nitrogens is 2. The minimum atomic E-state index is -0.324. The van der Waals surface area contributed by atoms with Crippen LogP contribution in [-0.4, -0.2) is 29.4 Å². The Morgan fingerprint density at radius 1 is 1.19 bits per heavy atom. The maximum absolute atomic E-state index is 14.2. The van der Waals surface area contributed by atoms with Gasteiger partial charge in [0.1, 0.15) is 24.0 Å². The molecule has 0 aliphatic carbocycles. The van der Waals surface area contributed by atoms with Gasteiger partial charge in [0, 0.05) is 50.7 Å². The predicted molar refractivity (Wildman–Crippen MR) is 117 cm³/mol. The second-order valence-corrected chi connectivity index (χ2v) is 7.88. The molecular formula is C25H29FN2O3. The fourth-order valence-electron chi connectivity index (χ4n) is 3.96. The van der Waals surface area contributed by atoms with Gasteiger partial charge < -0.3 is 18.8 Å². The van der Waals surface area contributed by atoms with Crippen LogP contribution in [0.2, 0.25) is 0 Å². The van der Waals surface area contributed by atoms with Crippen LogP contribution < -0.4 is 4.74 Å². The van der Waals surface area contributed by atoms with E-state index in [0.29, 0.717) is 19.0 Å². The van der Waals surface area contributed by atoms with Gasteiger partial charge in [-0.1, -0.05) is 19.1 Å². The van der Waals surface area contributed by atoms with Crippen LogP contribution in [0, 0.1) is 5.82 Å². The lowest BCUT2D eigenvalue weighted by Crippen LogP contribution is -2.25. The van der Waals surface area contributed by atoms with E-state index >= 15 is 0 Å². The molecule has 0 radical (unpaired) electrons. The number of hydrogen-bond acceptors (Lipinski definition) is 4. The van der Waals surface area contributed by atoms with Crippen molar-refractivity contribution in [2.45, 2.75) is 51.4 Å². The lowest BCUT2D eigenvalue weighted by Gasteiger charge is -2.29. The van der Waals surface area contributed by atoms with Crippen LogP contribution in [0.3, 0.4) is 0 Å². The van der Waals surface area contributed by atoms with E-state index in [1.54, 1.807) is 7.11 Å². The molecule has 1 aliphatic heterocycles. The molecule has 1 aromatic heterocycles. The summed E-state index contributed by atoms with van der Waals surface area (Å²) in [5.41, 5.74) is 2.87. The average Bonchev–Trinajstić information content (AvgIpc) is 3.26. The minimum Gasteiger partial charge on any atom is -0.489 e. The molecule has 4 rings (SSSR count). The summed E-state index contributed by atoms with van der Waals surface area (Å²) in [6.45, 7) is 3.12. The van der Waals surface area contributed by atoms with Gasteiger partial charge in [-0.2, -0.15) is 0 Å². The predicted octanol–water partition coefficient (Wildman–Crippen LogP) is 5.41. The Morgan fingerprint density at radius 2 is 2.03 bits per heavy atom. The van der Waals surface area contributed by atoms with Crippen molar-refractivity contribution in [3.8, 4) is 11.4 Å². The van der Waals surface area contributed by atoms with Crippen LogP contribution in [0.1, 0.15) is 49.2 Å². The summed E-state index contributed by atoms with van der Waals surface area (Å²) < 4.78 is 33.5. The van der Waals surface area contributed by atoms with Gasteiger partial charge in [-0.25, -0.2) is 9.37 Å². The van der Waals surface area contributed by atoms with E-state index in [1.165, 1.54) is 12.1 Å². The van der Waals surface area contributed by atoms with Crippen LogP contribution in [0.15, 0.2) is 54.9 Å². The molecule has 0 spiro atoms. The summed E-state index contributed by atoms with van der Waals surface area (Å²) in [5.74, 6) is 1.23. The quantitative estimate of drug-likeness (QED) is 0.485. The van der Waals surface area contributed by atoms with Gasteiger partial charge in [0.25, 0.3) is 0 Å². The third kappa shape index (κ3) is 5.32. The van der Waals surface area contributed by atoms with Crippen molar-refractivity contribution in [1.29, 1.82) is 0 Å². The second kappa shape index (κ2) is 10.1. The molecule has 0 N–H and O–H groups in total. The Bertz CT molecular complexity index is 987. The van der Waals surface area contributed by atoms with Crippen molar-refractivity contribution < 1.29 is 18.6 Å². The monoisotopic (exact) mass is 424 g/mol. The molecule has 3 aromatic rings. The zero-order valence-corrected chi connectivity index (χ0v) is 18.1. The fourth-order valence-corrected chi connectivity index (χ4v) is 3.96. The second-order valence-electron chi connectivity index (χ2n) is 7.88. The first-order chi connectivity index (χ1) is 15.2. The summed E-state index contributed by atoms with van der Waals surface area (Å²) in [5, 5.41) is 0. The summed E-state index contributed by atoms with van der Waals surface area (Å²) >= 11 is 0. The van der Waals surface area contributed by atoms with Gasteiger partial charge in [0.05, 0.1) is 12.2 Å². The maximum atomic E-state index is 14.2. The molecule has 1 saturated heterocycles. The van der Waals surface area contributed by atoms with Gasteiger partial charge in [0.2, 0.25) is 0 Å². The van der Waals surface area contributed by atoms with E-state index in [4.69, 9.17) is 14.2 Å². The SMILES string of the molecule is CCCc1nccn1-c1ccc(COc2cc(F)cc(C3CC(OC)CCO3)c2)cc1. The third-order valence-corrected chi connectivity index (χ3v) is 5.65. The summed E-state index contributed by atoms with van der Waals surface area (Å²) in [4.78, 5) is 4.43. The van der Waals surface area contributed by atoms with Crippen LogP contribution in [0.5, 0.6) is 5.75 Å². The van der Waals surface area contributed by atoms with Gasteiger partial charge in [-0.15, -0.1) is 0 Å².